The fraction of sp³-hybridized carbons (Fsp3) is 0.533. The third kappa shape index (κ3) is 4.28. The van der Waals surface area contributed by atoms with Crippen LogP contribution >= 0.6 is 0 Å². The Labute approximate surface area is 131 Å². The monoisotopic (exact) mass is 326 g/mol. The summed E-state index contributed by atoms with van der Waals surface area (Å²) >= 11 is 0. The van der Waals surface area contributed by atoms with E-state index in [0.717, 1.165) is 0 Å². The summed E-state index contributed by atoms with van der Waals surface area (Å²) in [4.78, 5) is 11.9. The van der Waals surface area contributed by atoms with Crippen LogP contribution in [-0.4, -0.2) is 44.9 Å². The van der Waals surface area contributed by atoms with Gasteiger partial charge in [-0.05, 0) is 30.2 Å². The van der Waals surface area contributed by atoms with Gasteiger partial charge in [0.2, 0.25) is 15.9 Å². The number of sulfonamides is 1. The molecule has 7 heteroatoms. The molecule has 0 bridgehead atoms. The van der Waals surface area contributed by atoms with Gasteiger partial charge in [-0.1, -0.05) is 13.8 Å². The lowest BCUT2D eigenvalue weighted by atomic mass is 10.1. The first-order valence-electron chi connectivity index (χ1n) is 7.37. The van der Waals surface area contributed by atoms with E-state index < -0.39 is 10.0 Å². The molecule has 0 saturated carbocycles. The molecule has 1 saturated heterocycles. The second kappa shape index (κ2) is 7.21. The van der Waals surface area contributed by atoms with Crippen molar-refractivity contribution in [2.75, 3.05) is 31.6 Å². The fourth-order valence-corrected chi connectivity index (χ4v) is 3.64. The minimum absolute atomic E-state index is 0.0706. The van der Waals surface area contributed by atoms with Crippen LogP contribution in [0.2, 0.25) is 0 Å². The molecule has 1 heterocycles. The zero-order valence-corrected chi connectivity index (χ0v) is 13.7. The molecule has 1 aliphatic heterocycles. The molecule has 1 aromatic rings. The molecule has 0 atom stereocenters. The van der Waals surface area contributed by atoms with Crippen molar-refractivity contribution in [3.63, 3.8) is 0 Å². The second-order valence-electron chi connectivity index (χ2n) is 5.69. The van der Waals surface area contributed by atoms with Gasteiger partial charge in [-0.15, -0.1) is 0 Å². The highest BCUT2D eigenvalue weighted by molar-refractivity contribution is 7.89. The third-order valence-electron chi connectivity index (χ3n) is 3.34. The van der Waals surface area contributed by atoms with Gasteiger partial charge < -0.3 is 10.1 Å². The van der Waals surface area contributed by atoms with Crippen LogP contribution in [0.25, 0.3) is 0 Å². The Hall–Kier alpha value is -1.44. The van der Waals surface area contributed by atoms with E-state index in [4.69, 9.17) is 4.74 Å². The van der Waals surface area contributed by atoms with Gasteiger partial charge in [-0.2, -0.15) is 4.31 Å². The summed E-state index contributed by atoms with van der Waals surface area (Å²) in [7, 11) is -3.49. The highest BCUT2D eigenvalue weighted by atomic mass is 32.2. The van der Waals surface area contributed by atoms with Gasteiger partial charge in [-0.3, -0.25) is 4.79 Å². The van der Waals surface area contributed by atoms with E-state index in [1.54, 1.807) is 12.1 Å². The maximum atomic E-state index is 12.4. The van der Waals surface area contributed by atoms with E-state index >= 15 is 0 Å². The van der Waals surface area contributed by atoms with Crippen molar-refractivity contribution in [3.05, 3.63) is 24.3 Å². The predicted molar refractivity (Wildman–Crippen MR) is 84.1 cm³/mol. The zero-order valence-electron chi connectivity index (χ0n) is 12.9. The van der Waals surface area contributed by atoms with Crippen LogP contribution in [-0.2, 0) is 19.6 Å². The molecule has 1 aromatic carbocycles. The average Bonchev–Trinajstić information content (AvgIpc) is 2.48. The Morgan fingerprint density at radius 1 is 1.23 bits per heavy atom. The predicted octanol–water partition coefficient (Wildman–Crippen LogP) is 1.69. The first-order chi connectivity index (χ1) is 10.4. The summed E-state index contributed by atoms with van der Waals surface area (Å²) in [5.41, 5.74) is 0.603. The van der Waals surface area contributed by atoms with Crippen LogP contribution in [0.15, 0.2) is 29.2 Å². The Morgan fingerprint density at radius 3 is 2.36 bits per heavy atom. The third-order valence-corrected chi connectivity index (χ3v) is 5.25. The summed E-state index contributed by atoms with van der Waals surface area (Å²) in [6.07, 6.45) is 0.438. The molecule has 0 aliphatic carbocycles. The van der Waals surface area contributed by atoms with Crippen molar-refractivity contribution in [1.29, 1.82) is 0 Å². The van der Waals surface area contributed by atoms with Crippen LogP contribution in [0.5, 0.6) is 0 Å². The molecule has 0 radical (unpaired) electrons. The molecule has 1 amide bonds. The van der Waals surface area contributed by atoms with Crippen LogP contribution in [0.1, 0.15) is 20.3 Å². The first-order valence-corrected chi connectivity index (χ1v) is 8.81. The van der Waals surface area contributed by atoms with Gasteiger partial charge in [0.25, 0.3) is 0 Å². The molecule has 0 unspecified atom stereocenters. The standard InChI is InChI=1S/C15H22N2O4S/c1-12(2)11-15(18)16-13-3-5-14(6-4-13)22(19,20)17-7-9-21-10-8-17/h3-6,12H,7-11H2,1-2H3,(H,16,18). The minimum Gasteiger partial charge on any atom is -0.379 e. The van der Waals surface area contributed by atoms with Crippen LogP contribution in [0, 0.1) is 5.92 Å². The number of ether oxygens (including phenoxy) is 1. The number of amides is 1. The van der Waals surface area contributed by atoms with Gasteiger partial charge in [0.1, 0.15) is 0 Å². The highest BCUT2D eigenvalue weighted by Gasteiger charge is 2.26. The Kier molecular flexibility index (Phi) is 5.55. The lowest BCUT2D eigenvalue weighted by molar-refractivity contribution is -0.116. The first kappa shape index (κ1) is 16.9. The number of carbonyl (C=O) groups is 1. The number of hydrogen-bond donors (Lipinski definition) is 1. The van der Waals surface area contributed by atoms with Crippen LogP contribution in [0.4, 0.5) is 5.69 Å². The van der Waals surface area contributed by atoms with E-state index in [9.17, 15) is 13.2 Å². The lowest BCUT2D eigenvalue weighted by Gasteiger charge is -2.26. The summed E-state index contributed by atoms with van der Waals surface area (Å²) in [6.45, 7) is 5.52. The van der Waals surface area contributed by atoms with Gasteiger partial charge in [0.15, 0.2) is 0 Å². The summed E-state index contributed by atoms with van der Waals surface area (Å²) in [5, 5.41) is 2.76. The average molecular weight is 326 g/mol. The Balaban J connectivity index is 2.06. The normalized spacial score (nSPS) is 16.7. The van der Waals surface area contributed by atoms with E-state index in [-0.39, 0.29) is 16.7 Å². The second-order valence-corrected chi connectivity index (χ2v) is 7.62. The van der Waals surface area contributed by atoms with E-state index in [0.29, 0.717) is 38.4 Å². The van der Waals surface area contributed by atoms with Crippen LogP contribution in [0.3, 0.4) is 0 Å². The molecule has 1 N–H and O–H groups in total. The van der Waals surface area contributed by atoms with Gasteiger partial charge in [-0.25, -0.2) is 8.42 Å². The number of morpholine rings is 1. The number of carbonyl (C=O) groups excluding carboxylic acids is 1. The van der Waals surface area contributed by atoms with Gasteiger partial charge in [0.05, 0.1) is 18.1 Å². The smallest absolute Gasteiger partial charge is 0.243 e. The quantitative estimate of drug-likeness (QED) is 0.893. The highest BCUT2D eigenvalue weighted by Crippen LogP contribution is 2.19. The molecule has 2 rings (SSSR count). The fourth-order valence-electron chi connectivity index (χ4n) is 2.23. The van der Waals surface area contributed by atoms with Crippen molar-refractivity contribution in [3.8, 4) is 0 Å². The molecule has 122 valence electrons. The molecular weight excluding hydrogens is 304 g/mol. The maximum Gasteiger partial charge on any atom is 0.243 e. The Morgan fingerprint density at radius 2 is 1.82 bits per heavy atom. The van der Waals surface area contributed by atoms with E-state index in [1.165, 1.54) is 16.4 Å². The number of rotatable bonds is 5. The summed E-state index contributed by atoms with van der Waals surface area (Å²) in [6, 6.07) is 6.28. The van der Waals surface area contributed by atoms with Gasteiger partial charge in [0, 0.05) is 25.2 Å². The maximum absolute atomic E-state index is 12.4. The van der Waals surface area contributed by atoms with Gasteiger partial charge >= 0.3 is 0 Å². The molecule has 0 spiro atoms. The minimum atomic E-state index is -3.49. The number of nitrogens with zero attached hydrogens (tertiary/aromatic N) is 1. The van der Waals surface area contributed by atoms with E-state index in [2.05, 4.69) is 5.32 Å². The van der Waals surface area contributed by atoms with Crippen molar-refractivity contribution in [2.24, 2.45) is 5.92 Å². The lowest BCUT2D eigenvalue weighted by Crippen LogP contribution is -2.40. The van der Waals surface area contributed by atoms with Crippen molar-refractivity contribution in [1.82, 2.24) is 4.31 Å². The van der Waals surface area contributed by atoms with Crippen molar-refractivity contribution >= 4 is 21.6 Å². The zero-order chi connectivity index (χ0) is 16.2. The van der Waals surface area contributed by atoms with E-state index in [1.807, 2.05) is 13.8 Å². The molecule has 1 fully saturated rings. The summed E-state index contributed by atoms with van der Waals surface area (Å²) < 4.78 is 31.5. The largest absolute Gasteiger partial charge is 0.379 e. The molecule has 6 nitrogen and oxygen atoms in total. The number of benzene rings is 1. The SMILES string of the molecule is CC(C)CC(=O)Nc1ccc(S(=O)(=O)N2CCOCC2)cc1. The molecule has 0 aromatic heterocycles. The summed E-state index contributed by atoms with van der Waals surface area (Å²) in [5.74, 6) is 0.208. The van der Waals surface area contributed by atoms with Crippen molar-refractivity contribution < 1.29 is 17.9 Å². The number of anilines is 1. The van der Waals surface area contributed by atoms with Crippen LogP contribution < -0.4 is 5.32 Å². The Bertz CT molecular complexity index is 605. The number of hydrogen-bond acceptors (Lipinski definition) is 4. The molecule has 1 aliphatic rings. The molecular formula is C15H22N2O4S. The van der Waals surface area contributed by atoms with Crippen molar-refractivity contribution in [2.45, 2.75) is 25.2 Å². The number of nitrogens with one attached hydrogen (secondary N) is 1. The topological polar surface area (TPSA) is 75.7 Å². The molecule has 22 heavy (non-hydrogen) atoms.